The molecule has 1 N–H and O–H groups in total. The van der Waals surface area contributed by atoms with Gasteiger partial charge in [-0.3, -0.25) is 4.79 Å². The molecular weight excluding hydrogens is 385 g/mol. The summed E-state index contributed by atoms with van der Waals surface area (Å²) in [5, 5.41) is 3.64. The Labute approximate surface area is 145 Å². The highest BCUT2D eigenvalue weighted by molar-refractivity contribution is 14.1. The van der Waals surface area contributed by atoms with Gasteiger partial charge in [0.15, 0.2) is 0 Å². The summed E-state index contributed by atoms with van der Waals surface area (Å²) < 4.78 is 1.18. The molecule has 2 nitrogen and oxygen atoms in total. The number of para-hydroxylation sites is 1. The molecule has 2 aromatic carbocycles. The molecule has 0 aliphatic heterocycles. The van der Waals surface area contributed by atoms with Crippen molar-refractivity contribution in [3.8, 4) is 0 Å². The first-order chi connectivity index (χ1) is 10.8. The van der Waals surface area contributed by atoms with Gasteiger partial charge in [0, 0.05) is 21.6 Å². The summed E-state index contributed by atoms with van der Waals surface area (Å²) in [4.78, 5) is 12.4. The molecule has 2 atom stereocenters. The van der Waals surface area contributed by atoms with Crippen molar-refractivity contribution in [3.05, 3.63) is 63.7 Å². The predicted octanol–water partition coefficient (Wildman–Crippen LogP) is 5.20. The van der Waals surface area contributed by atoms with Crippen molar-refractivity contribution in [2.75, 3.05) is 5.32 Å². The lowest BCUT2D eigenvalue weighted by molar-refractivity contribution is -0.125. The smallest absolute Gasteiger partial charge is 0.138 e. The third-order valence-electron chi connectivity index (χ3n) is 4.35. The molecule has 1 saturated carbocycles. The number of hydrogen-bond acceptors (Lipinski definition) is 2. The van der Waals surface area contributed by atoms with Crippen LogP contribution in [0, 0.1) is 9.49 Å². The summed E-state index contributed by atoms with van der Waals surface area (Å²) in [6, 6.07) is 18.7. The first-order valence-corrected chi connectivity index (χ1v) is 8.92. The lowest BCUT2D eigenvalue weighted by atomic mass is 9.80. The number of carbonyl (C=O) groups excluding carboxylic acids is 1. The zero-order valence-electron chi connectivity index (χ0n) is 12.5. The summed E-state index contributed by atoms with van der Waals surface area (Å²) in [6.45, 7) is 0. The Balaban J connectivity index is 1.93. The highest BCUT2D eigenvalue weighted by Crippen LogP contribution is 2.35. The molecule has 0 amide bonds. The van der Waals surface area contributed by atoms with E-state index in [1.807, 2.05) is 30.3 Å². The van der Waals surface area contributed by atoms with E-state index in [1.54, 1.807) is 0 Å². The van der Waals surface area contributed by atoms with E-state index in [0.29, 0.717) is 5.78 Å². The molecule has 0 radical (unpaired) electrons. The molecule has 1 aliphatic rings. The molecule has 0 aromatic heterocycles. The van der Waals surface area contributed by atoms with Crippen molar-refractivity contribution in [3.63, 3.8) is 0 Å². The zero-order chi connectivity index (χ0) is 15.4. The van der Waals surface area contributed by atoms with Crippen LogP contribution in [0.5, 0.6) is 0 Å². The van der Waals surface area contributed by atoms with Gasteiger partial charge in [0.1, 0.15) is 5.78 Å². The first-order valence-electron chi connectivity index (χ1n) is 7.84. The third-order valence-corrected chi connectivity index (χ3v) is 5.29. The number of carbonyl (C=O) groups is 1. The van der Waals surface area contributed by atoms with Gasteiger partial charge >= 0.3 is 0 Å². The Kier molecular flexibility index (Phi) is 5.13. The molecule has 0 unspecified atom stereocenters. The van der Waals surface area contributed by atoms with Crippen LogP contribution in [-0.2, 0) is 4.79 Å². The summed E-state index contributed by atoms with van der Waals surface area (Å²) in [7, 11) is 0. The summed E-state index contributed by atoms with van der Waals surface area (Å²) in [5.74, 6) is 0.477. The molecule has 0 heterocycles. The Morgan fingerprint density at radius 1 is 1.00 bits per heavy atom. The molecule has 0 spiro atoms. The van der Waals surface area contributed by atoms with Gasteiger partial charge in [-0.2, -0.15) is 0 Å². The van der Waals surface area contributed by atoms with Gasteiger partial charge in [-0.15, -0.1) is 0 Å². The van der Waals surface area contributed by atoms with E-state index in [1.165, 1.54) is 9.13 Å². The van der Waals surface area contributed by atoms with E-state index in [-0.39, 0.29) is 12.0 Å². The molecule has 3 rings (SSSR count). The largest absolute Gasteiger partial charge is 0.377 e. The second-order valence-electron chi connectivity index (χ2n) is 5.83. The van der Waals surface area contributed by atoms with Crippen molar-refractivity contribution in [2.24, 2.45) is 5.92 Å². The van der Waals surface area contributed by atoms with E-state index < -0.39 is 0 Å². The monoisotopic (exact) mass is 405 g/mol. The molecule has 0 saturated heterocycles. The molecule has 0 bridgehead atoms. The van der Waals surface area contributed by atoms with Crippen LogP contribution in [0.25, 0.3) is 0 Å². The Bertz CT molecular complexity index is 641. The highest BCUT2D eigenvalue weighted by atomic mass is 127. The van der Waals surface area contributed by atoms with E-state index in [9.17, 15) is 4.79 Å². The van der Waals surface area contributed by atoms with Crippen LogP contribution in [0.15, 0.2) is 54.6 Å². The van der Waals surface area contributed by atoms with E-state index >= 15 is 0 Å². The average molecular weight is 405 g/mol. The van der Waals surface area contributed by atoms with Gasteiger partial charge in [-0.05, 0) is 53.1 Å². The van der Waals surface area contributed by atoms with Gasteiger partial charge in [0.25, 0.3) is 0 Å². The van der Waals surface area contributed by atoms with E-state index in [2.05, 4.69) is 52.2 Å². The fourth-order valence-electron chi connectivity index (χ4n) is 3.18. The fraction of sp³-hybridized carbons (Fsp3) is 0.316. The van der Waals surface area contributed by atoms with Gasteiger partial charge in [-0.1, -0.05) is 48.9 Å². The Hall–Kier alpha value is -1.36. The van der Waals surface area contributed by atoms with Crippen LogP contribution in [0.2, 0.25) is 0 Å². The number of ketones is 1. The van der Waals surface area contributed by atoms with Crippen molar-refractivity contribution in [2.45, 2.75) is 31.7 Å². The third kappa shape index (κ3) is 3.51. The molecule has 1 aliphatic carbocycles. The maximum absolute atomic E-state index is 12.4. The normalized spacial score (nSPS) is 19.7. The van der Waals surface area contributed by atoms with Crippen molar-refractivity contribution < 1.29 is 4.79 Å². The minimum absolute atomic E-state index is 0.0601. The van der Waals surface area contributed by atoms with Gasteiger partial charge in [0.05, 0.1) is 6.04 Å². The molecule has 22 heavy (non-hydrogen) atoms. The topological polar surface area (TPSA) is 29.1 Å². The second kappa shape index (κ2) is 7.27. The number of benzene rings is 2. The summed E-state index contributed by atoms with van der Waals surface area (Å²) in [6.07, 6.45) is 3.89. The number of halogens is 1. The van der Waals surface area contributed by atoms with Crippen LogP contribution in [0.4, 0.5) is 5.69 Å². The minimum Gasteiger partial charge on any atom is -0.377 e. The van der Waals surface area contributed by atoms with Gasteiger partial charge in [0.2, 0.25) is 0 Å². The number of rotatable bonds is 4. The van der Waals surface area contributed by atoms with Crippen LogP contribution >= 0.6 is 22.6 Å². The lowest BCUT2D eigenvalue weighted by Crippen LogP contribution is -2.30. The fourth-order valence-corrected chi connectivity index (χ4v) is 3.73. The highest BCUT2D eigenvalue weighted by Gasteiger charge is 2.31. The molecule has 3 heteroatoms. The van der Waals surface area contributed by atoms with Crippen molar-refractivity contribution >= 4 is 34.1 Å². The average Bonchev–Trinajstić information content (AvgIpc) is 2.56. The number of hydrogen-bond donors (Lipinski definition) is 1. The van der Waals surface area contributed by atoms with Crippen LogP contribution < -0.4 is 5.32 Å². The standard InChI is InChI=1S/C19H20INO/c20-16-11-5-6-12-17(16)21-19(14-8-2-1-3-9-14)15-10-4-7-13-18(15)22/h1-3,5-6,8-9,11-12,15,19,21H,4,7,10,13H2/t15-,19+/m0/s1. The van der Waals surface area contributed by atoms with Gasteiger partial charge < -0.3 is 5.32 Å². The minimum atomic E-state index is 0.0601. The molecule has 1 fully saturated rings. The molecule has 114 valence electrons. The van der Waals surface area contributed by atoms with Crippen LogP contribution in [0.1, 0.15) is 37.3 Å². The van der Waals surface area contributed by atoms with Crippen LogP contribution in [0.3, 0.4) is 0 Å². The summed E-state index contributed by atoms with van der Waals surface area (Å²) >= 11 is 2.34. The number of nitrogens with one attached hydrogen (secondary N) is 1. The second-order valence-corrected chi connectivity index (χ2v) is 6.99. The predicted molar refractivity (Wildman–Crippen MR) is 98.9 cm³/mol. The Morgan fingerprint density at radius 2 is 1.73 bits per heavy atom. The lowest BCUT2D eigenvalue weighted by Gasteiger charge is -2.31. The van der Waals surface area contributed by atoms with Crippen LogP contribution in [-0.4, -0.2) is 5.78 Å². The van der Waals surface area contributed by atoms with E-state index in [4.69, 9.17) is 0 Å². The quantitative estimate of drug-likeness (QED) is 0.709. The number of Topliss-reactive ketones (excluding diaryl/α,β-unsaturated/α-hetero) is 1. The zero-order valence-corrected chi connectivity index (χ0v) is 14.6. The molecule has 2 aromatic rings. The number of anilines is 1. The van der Waals surface area contributed by atoms with Gasteiger partial charge in [-0.25, -0.2) is 0 Å². The SMILES string of the molecule is O=C1CCCC[C@@H]1[C@H](Nc1ccccc1I)c1ccccc1. The first kappa shape index (κ1) is 15.5. The summed E-state index contributed by atoms with van der Waals surface area (Å²) in [5.41, 5.74) is 2.30. The maximum Gasteiger partial charge on any atom is 0.138 e. The maximum atomic E-state index is 12.4. The van der Waals surface area contributed by atoms with Crippen molar-refractivity contribution in [1.29, 1.82) is 0 Å². The van der Waals surface area contributed by atoms with E-state index in [0.717, 1.165) is 31.4 Å². The Morgan fingerprint density at radius 3 is 2.45 bits per heavy atom. The molecular formula is C19H20INO. The van der Waals surface area contributed by atoms with Crippen molar-refractivity contribution in [1.82, 2.24) is 0 Å².